The molecule has 0 saturated heterocycles. The zero-order chi connectivity index (χ0) is 13.7. The lowest BCUT2D eigenvalue weighted by atomic mass is 10.1. The first-order chi connectivity index (χ1) is 9.20. The number of hydrogen-bond acceptors (Lipinski definition) is 2. The van der Waals surface area contributed by atoms with Crippen molar-refractivity contribution in [2.75, 3.05) is 13.6 Å². The van der Waals surface area contributed by atoms with Crippen LogP contribution in [-0.2, 0) is 0 Å². The molecule has 0 aliphatic heterocycles. The third-order valence-electron chi connectivity index (χ3n) is 2.72. The van der Waals surface area contributed by atoms with E-state index < -0.39 is 5.82 Å². The Morgan fingerprint density at radius 2 is 1.84 bits per heavy atom. The van der Waals surface area contributed by atoms with E-state index in [4.69, 9.17) is 0 Å². The number of nitrogens with one attached hydrogen (secondary N) is 1. The molecule has 2 aromatic carbocycles. The minimum absolute atomic E-state index is 0.0440. The highest BCUT2D eigenvalue weighted by Crippen LogP contribution is 2.36. The lowest BCUT2D eigenvalue weighted by Crippen LogP contribution is -2.15. The summed E-state index contributed by atoms with van der Waals surface area (Å²) in [6, 6.07) is 13.4. The summed E-state index contributed by atoms with van der Waals surface area (Å²) in [6.07, 6.45) is 0. The van der Waals surface area contributed by atoms with E-state index in [2.05, 4.69) is 5.32 Å². The molecule has 0 saturated carbocycles. The summed E-state index contributed by atoms with van der Waals surface area (Å²) in [4.78, 5) is 0.337. The SMILES string of the molecule is CNCC(Sc1cc(F)ccc1F)c1ccccc1. The Kier molecular flexibility index (Phi) is 4.93. The van der Waals surface area contributed by atoms with E-state index in [9.17, 15) is 8.78 Å². The predicted molar refractivity (Wildman–Crippen MR) is 75.3 cm³/mol. The van der Waals surface area contributed by atoms with Crippen molar-refractivity contribution in [1.29, 1.82) is 0 Å². The second-order valence-electron chi connectivity index (χ2n) is 4.15. The molecule has 100 valence electrons. The molecular formula is C15H15F2NS. The molecule has 0 aliphatic carbocycles. The summed E-state index contributed by atoms with van der Waals surface area (Å²) >= 11 is 1.33. The molecule has 0 spiro atoms. The fraction of sp³-hybridized carbons (Fsp3) is 0.200. The van der Waals surface area contributed by atoms with E-state index in [-0.39, 0.29) is 11.1 Å². The standard InChI is InChI=1S/C15H15F2NS/c1-18-10-15(11-5-3-2-4-6-11)19-14-9-12(16)7-8-13(14)17/h2-9,15,18H,10H2,1H3. The Morgan fingerprint density at radius 1 is 1.11 bits per heavy atom. The Balaban J connectivity index is 2.24. The fourth-order valence-electron chi connectivity index (χ4n) is 1.80. The number of benzene rings is 2. The number of thioether (sulfide) groups is 1. The Morgan fingerprint density at radius 3 is 2.53 bits per heavy atom. The average Bonchev–Trinajstić information content (AvgIpc) is 2.43. The molecule has 1 atom stereocenters. The van der Waals surface area contributed by atoms with Gasteiger partial charge in [-0.15, -0.1) is 11.8 Å². The van der Waals surface area contributed by atoms with Gasteiger partial charge in [-0.3, -0.25) is 0 Å². The zero-order valence-corrected chi connectivity index (χ0v) is 11.4. The highest BCUT2D eigenvalue weighted by Gasteiger charge is 2.15. The van der Waals surface area contributed by atoms with Crippen molar-refractivity contribution in [2.24, 2.45) is 0 Å². The van der Waals surface area contributed by atoms with Gasteiger partial charge in [0.05, 0.1) is 0 Å². The van der Waals surface area contributed by atoms with Gasteiger partial charge in [-0.25, -0.2) is 8.78 Å². The first kappa shape index (κ1) is 14.0. The maximum atomic E-state index is 13.7. The Bertz CT molecular complexity index is 531. The third-order valence-corrected chi connectivity index (χ3v) is 4.01. The van der Waals surface area contributed by atoms with Gasteiger partial charge in [0.15, 0.2) is 0 Å². The summed E-state index contributed by atoms with van der Waals surface area (Å²) in [5, 5.41) is 3.13. The molecule has 4 heteroatoms. The lowest BCUT2D eigenvalue weighted by molar-refractivity contribution is 0.576. The molecule has 2 rings (SSSR count). The quantitative estimate of drug-likeness (QED) is 0.830. The van der Waals surface area contributed by atoms with Crippen molar-refractivity contribution < 1.29 is 8.78 Å². The third kappa shape index (κ3) is 3.78. The van der Waals surface area contributed by atoms with E-state index in [1.807, 2.05) is 37.4 Å². The normalized spacial score (nSPS) is 12.4. The molecule has 0 heterocycles. The maximum Gasteiger partial charge on any atom is 0.136 e. The summed E-state index contributed by atoms with van der Waals surface area (Å²) in [5.74, 6) is -0.802. The van der Waals surface area contributed by atoms with Gasteiger partial charge in [-0.2, -0.15) is 0 Å². The van der Waals surface area contributed by atoms with Gasteiger partial charge in [0.1, 0.15) is 11.6 Å². The van der Waals surface area contributed by atoms with Crippen LogP contribution in [0.3, 0.4) is 0 Å². The van der Waals surface area contributed by atoms with Crippen molar-refractivity contribution in [3.05, 3.63) is 65.7 Å². The van der Waals surface area contributed by atoms with Crippen molar-refractivity contribution in [3.63, 3.8) is 0 Å². The maximum absolute atomic E-state index is 13.7. The molecule has 0 aliphatic rings. The lowest BCUT2D eigenvalue weighted by Gasteiger charge is -2.17. The van der Waals surface area contributed by atoms with Crippen LogP contribution in [-0.4, -0.2) is 13.6 Å². The first-order valence-corrected chi connectivity index (χ1v) is 6.90. The second-order valence-corrected chi connectivity index (χ2v) is 5.39. The van der Waals surface area contributed by atoms with Crippen molar-refractivity contribution >= 4 is 11.8 Å². The average molecular weight is 279 g/mol. The van der Waals surface area contributed by atoms with Crippen molar-refractivity contribution in [1.82, 2.24) is 5.32 Å². The van der Waals surface area contributed by atoms with Crippen molar-refractivity contribution in [3.8, 4) is 0 Å². The topological polar surface area (TPSA) is 12.0 Å². The van der Waals surface area contributed by atoms with Gasteiger partial charge < -0.3 is 5.32 Å². The summed E-state index contributed by atoms with van der Waals surface area (Å²) < 4.78 is 26.9. The molecule has 19 heavy (non-hydrogen) atoms. The van der Waals surface area contributed by atoms with Crippen molar-refractivity contribution in [2.45, 2.75) is 10.1 Å². The number of rotatable bonds is 5. The number of hydrogen-bond donors (Lipinski definition) is 1. The first-order valence-electron chi connectivity index (χ1n) is 6.02. The summed E-state index contributed by atoms with van der Waals surface area (Å²) in [5.41, 5.74) is 1.09. The highest BCUT2D eigenvalue weighted by atomic mass is 32.2. The van der Waals surface area contributed by atoms with Gasteiger partial charge in [0, 0.05) is 16.7 Å². The van der Waals surface area contributed by atoms with Crippen LogP contribution in [0.4, 0.5) is 8.78 Å². The smallest absolute Gasteiger partial charge is 0.136 e. The van der Waals surface area contributed by atoms with Crippen LogP contribution in [0.15, 0.2) is 53.4 Å². The Labute approximate surface area is 116 Å². The van der Waals surface area contributed by atoms with Crippen LogP contribution < -0.4 is 5.32 Å². The van der Waals surface area contributed by atoms with Crippen LogP contribution in [0.2, 0.25) is 0 Å². The minimum Gasteiger partial charge on any atom is -0.318 e. The zero-order valence-electron chi connectivity index (χ0n) is 10.6. The van der Waals surface area contributed by atoms with E-state index in [0.717, 1.165) is 11.6 Å². The van der Waals surface area contributed by atoms with Crippen LogP contribution in [0, 0.1) is 11.6 Å². The molecule has 0 aromatic heterocycles. The van der Waals surface area contributed by atoms with E-state index >= 15 is 0 Å². The largest absolute Gasteiger partial charge is 0.318 e. The highest BCUT2D eigenvalue weighted by molar-refractivity contribution is 7.99. The van der Waals surface area contributed by atoms with E-state index in [1.54, 1.807) is 0 Å². The predicted octanol–water partition coefficient (Wildman–Crippen LogP) is 4.02. The molecule has 0 fully saturated rings. The Hall–Kier alpha value is -1.39. The van der Waals surface area contributed by atoms with Crippen LogP contribution in [0.5, 0.6) is 0 Å². The van der Waals surface area contributed by atoms with Gasteiger partial charge in [-0.05, 0) is 30.8 Å². The van der Waals surface area contributed by atoms with E-state index in [1.165, 1.54) is 23.9 Å². The van der Waals surface area contributed by atoms with E-state index in [0.29, 0.717) is 11.4 Å². The summed E-state index contributed by atoms with van der Waals surface area (Å²) in [6.45, 7) is 0.685. The molecular weight excluding hydrogens is 264 g/mol. The van der Waals surface area contributed by atoms with Gasteiger partial charge >= 0.3 is 0 Å². The molecule has 1 N–H and O–H groups in total. The molecule has 0 radical (unpaired) electrons. The molecule has 1 nitrogen and oxygen atoms in total. The number of halogens is 2. The van der Waals surface area contributed by atoms with Crippen LogP contribution >= 0.6 is 11.8 Å². The van der Waals surface area contributed by atoms with Gasteiger partial charge in [0.25, 0.3) is 0 Å². The van der Waals surface area contributed by atoms with Gasteiger partial charge in [0.2, 0.25) is 0 Å². The minimum atomic E-state index is -0.417. The monoisotopic (exact) mass is 279 g/mol. The van der Waals surface area contributed by atoms with Gasteiger partial charge in [-0.1, -0.05) is 30.3 Å². The molecule has 1 unspecified atom stereocenters. The fourth-order valence-corrected chi connectivity index (χ4v) is 3.01. The molecule has 0 amide bonds. The molecule has 0 bridgehead atoms. The summed E-state index contributed by atoms with van der Waals surface area (Å²) in [7, 11) is 1.85. The second kappa shape index (κ2) is 6.68. The van der Waals surface area contributed by atoms with Crippen LogP contribution in [0.1, 0.15) is 10.8 Å². The van der Waals surface area contributed by atoms with Crippen LogP contribution in [0.25, 0.3) is 0 Å². The number of likely N-dealkylation sites (N-methyl/N-ethyl adjacent to an activating group) is 1. The molecule has 2 aromatic rings.